The van der Waals surface area contributed by atoms with Crippen molar-refractivity contribution in [2.24, 2.45) is 5.41 Å². The van der Waals surface area contributed by atoms with Crippen molar-refractivity contribution in [2.45, 2.75) is 37.2 Å². The first-order chi connectivity index (χ1) is 16.2. The summed E-state index contributed by atoms with van der Waals surface area (Å²) in [5.41, 5.74) is 2.74. The standard InChI is InChI=1S/C25H36N6OP2/c1-24(33,34)21-14-27-22(15-26-21)30-8-10-31(11-9-30)23(32)28(2)20-12-25(13-20)17-29(18-25)16-19-6-4-3-5-7-19/h3-7,14-15,20H,8-13,16-18,33-34H2,1-2H3. The fraction of sp³-hybridized carbons (Fsp3) is 0.560. The average molecular weight is 499 g/mol. The van der Waals surface area contributed by atoms with Gasteiger partial charge in [-0.15, -0.1) is 18.5 Å². The average Bonchev–Trinajstić information content (AvgIpc) is 2.79. The lowest BCUT2D eigenvalue weighted by Crippen LogP contribution is -2.67. The van der Waals surface area contributed by atoms with E-state index < -0.39 is 0 Å². The van der Waals surface area contributed by atoms with Gasteiger partial charge in [-0.25, -0.2) is 9.78 Å². The van der Waals surface area contributed by atoms with E-state index in [9.17, 15) is 4.79 Å². The zero-order valence-corrected chi connectivity index (χ0v) is 22.5. The lowest BCUT2D eigenvalue weighted by atomic mass is 9.60. The van der Waals surface area contributed by atoms with Crippen molar-refractivity contribution >= 4 is 30.3 Å². The smallest absolute Gasteiger partial charge is 0.320 e. The summed E-state index contributed by atoms with van der Waals surface area (Å²) in [5.74, 6) is 0.884. The number of hydrogen-bond donors (Lipinski definition) is 0. The number of hydrogen-bond acceptors (Lipinski definition) is 5. The molecule has 34 heavy (non-hydrogen) atoms. The highest BCUT2D eigenvalue weighted by molar-refractivity contribution is 7.38. The van der Waals surface area contributed by atoms with Crippen LogP contribution in [0.25, 0.3) is 0 Å². The minimum Gasteiger partial charge on any atom is -0.352 e. The minimum absolute atomic E-state index is 0.166. The third-order valence-electron chi connectivity index (χ3n) is 7.62. The van der Waals surface area contributed by atoms with Crippen LogP contribution in [0.3, 0.4) is 0 Å². The highest BCUT2D eigenvalue weighted by atomic mass is 31.1. The normalized spacial score (nSPS) is 20.7. The van der Waals surface area contributed by atoms with Crippen LogP contribution < -0.4 is 4.90 Å². The number of carbonyl (C=O) groups excluding carboxylic acids is 1. The number of likely N-dealkylation sites (tertiary alicyclic amines) is 1. The van der Waals surface area contributed by atoms with Crippen LogP contribution in [0.15, 0.2) is 42.7 Å². The first kappa shape index (κ1) is 23.9. The van der Waals surface area contributed by atoms with Crippen molar-refractivity contribution in [1.82, 2.24) is 24.7 Å². The molecule has 3 heterocycles. The summed E-state index contributed by atoms with van der Waals surface area (Å²) < 4.78 is 0. The summed E-state index contributed by atoms with van der Waals surface area (Å²) in [6, 6.07) is 11.2. The monoisotopic (exact) mass is 498 g/mol. The van der Waals surface area contributed by atoms with Crippen LogP contribution in [0.2, 0.25) is 0 Å². The zero-order chi connectivity index (χ0) is 23.9. The molecule has 0 bridgehead atoms. The summed E-state index contributed by atoms with van der Waals surface area (Å²) in [4.78, 5) is 30.9. The minimum atomic E-state index is -0.166. The third-order valence-corrected chi connectivity index (χ3v) is 8.21. The number of benzene rings is 1. The quantitative estimate of drug-likeness (QED) is 0.593. The Morgan fingerprint density at radius 3 is 2.35 bits per heavy atom. The summed E-state index contributed by atoms with van der Waals surface area (Å²) in [5, 5.41) is 0. The number of urea groups is 1. The van der Waals surface area contributed by atoms with E-state index >= 15 is 0 Å². The van der Waals surface area contributed by atoms with Gasteiger partial charge in [-0.3, -0.25) is 9.88 Å². The first-order valence-electron chi connectivity index (χ1n) is 12.2. The van der Waals surface area contributed by atoms with E-state index in [1.807, 2.05) is 29.2 Å². The Morgan fingerprint density at radius 2 is 1.76 bits per heavy atom. The van der Waals surface area contributed by atoms with Gasteiger partial charge in [0.1, 0.15) is 5.82 Å². The van der Waals surface area contributed by atoms with Gasteiger partial charge in [0.25, 0.3) is 0 Å². The molecule has 182 valence electrons. The molecule has 2 unspecified atom stereocenters. The Morgan fingerprint density at radius 1 is 1.09 bits per heavy atom. The molecule has 2 aliphatic heterocycles. The second-order valence-corrected chi connectivity index (χ2v) is 13.7. The molecule has 9 heteroatoms. The summed E-state index contributed by atoms with van der Waals surface area (Å²) in [6.07, 6.45) is 5.95. The number of amides is 2. The van der Waals surface area contributed by atoms with Crippen LogP contribution in [0, 0.1) is 5.41 Å². The number of anilines is 1. The summed E-state index contributed by atoms with van der Waals surface area (Å²) in [6.45, 7) is 8.44. The topological polar surface area (TPSA) is 55.8 Å². The molecular formula is C25H36N6OP2. The van der Waals surface area contributed by atoms with Gasteiger partial charge >= 0.3 is 6.03 Å². The number of nitrogens with zero attached hydrogens (tertiary/aromatic N) is 6. The van der Waals surface area contributed by atoms with Crippen molar-refractivity contribution in [2.75, 3.05) is 51.2 Å². The van der Waals surface area contributed by atoms with Crippen molar-refractivity contribution in [3.8, 4) is 0 Å². The zero-order valence-electron chi connectivity index (χ0n) is 20.2. The molecule has 1 spiro atoms. The van der Waals surface area contributed by atoms with Crippen LogP contribution in [-0.2, 0) is 11.4 Å². The van der Waals surface area contributed by atoms with Crippen LogP contribution in [-0.4, -0.2) is 83.1 Å². The van der Waals surface area contributed by atoms with Crippen molar-refractivity contribution in [1.29, 1.82) is 0 Å². The van der Waals surface area contributed by atoms with Crippen LogP contribution in [0.5, 0.6) is 0 Å². The van der Waals surface area contributed by atoms with E-state index in [1.54, 1.807) is 0 Å². The van der Waals surface area contributed by atoms with Crippen molar-refractivity contribution in [3.63, 3.8) is 0 Å². The summed E-state index contributed by atoms with van der Waals surface area (Å²) in [7, 11) is 7.52. The second kappa shape index (κ2) is 9.33. The second-order valence-electron chi connectivity index (χ2n) is 10.6. The van der Waals surface area contributed by atoms with Crippen LogP contribution in [0.1, 0.15) is 31.0 Å². The Labute approximate surface area is 207 Å². The Hall–Kier alpha value is -1.81. The molecule has 3 fully saturated rings. The van der Waals surface area contributed by atoms with E-state index in [0.717, 1.165) is 70.2 Å². The van der Waals surface area contributed by atoms with Crippen molar-refractivity contribution in [3.05, 3.63) is 54.0 Å². The van der Waals surface area contributed by atoms with E-state index in [-0.39, 0.29) is 10.9 Å². The maximum absolute atomic E-state index is 13.1. The largest absolute Gasteiger partial charge is 0.352 e. The molecule has 1 aliphatic carbocycles. The van der Waals surface area contributed by atoms with E-state index in [4.69, 9.17) is 0 Å². The molecular weight excluding hydrogens is 462 g/mol. The number of rotatable bonds is 5. The molecule has 7 nitrogen and oxygen atoms in total. The molecule has 3 aliphatic rings. The van der Waals surface area contributed by atoms with Crippen molar-refractivity contribution < 1.29 is 4.79 Å². The lowest BCUT2D eigenvalue weighted by Gasteiger charge is -2.61. The maximum atomic E-state index is 13.1. The Kier molecular flexibility index (Phi) is 6.56. The number of carbonyl (C=O) groups is 1. The lowest BCUT2D eigenvalue weighted by molar-refractivity contribution is -0.102. The first-order valence-corrected chi connectivity index (χ1v) is 13.3. The van der Waals surface area contributed by atoms with E-state index in [2.05, 4.69) is 75.5 Å². The summed E-state index contributed by atoms with van der Waals surface area (Å²) >= 11 is 0. The predicted molar refractivity (Wildman–Crippen MR) is 143 cm³/mol. The van der Waals surface area contributed by atoms with Gasteiger partial charge in [-0.2, -0.15) is 0 Å². The maximum Gasteiger partial charge on any atom is 0.320 e. The van der Waals surface area contributed by atoms with Crippen LogP contribution >= 0.6 is 18.5 Å². The van der Waals surface area contributed by atoms with E-state index in [1.165, 1.54) is 5.56 Å². The van der Waals surface area contributed by atoms with E-state index in [0.29, 0.717) is 11.5 Å². The van der Waals surface area contributed by atoms with Gasteiger partial charge in [-0.05, 0) is 30.7 Å². The number of piperazine rings is 1. The molecule has 1 saturated carbocycles. The van der Waals surface area contributed by atoms with Gasteiger partial charge in [-0.1, -0.05) is 30.3 Å². The molecule has 1 aromatic heterocycles. The van der Waals surface area contributed by atoms with Gasteiger partial charge in [0, 0.05) is 63.8 Å². The fourth-order valence-electron chi connectivity index (χ4n) is 5.60. The van der Waals surface area contributed by atoms with Gasteiger partial charge in [0.2, 0.25) is 0 Å². The number of aromatic nitrogens is 2. The molecule has 5 rings (SSSR count). The van der Waals surface area contributed by atoms with Crippen LogP contribution in [0.4, 0.5) is 10.6 Å². The van der Waals surface area contributed by atoms with Gasteiger partial charge in [0.05, 0.1) is 18.1 Å². The molecule has 2 saturated heterocycles. The molecule has 0 radical (unpaired) electrons. The van der Waals surface area contributed by atoms with Gasteiger partial charge in [0.15, 0.2) is 0 Å². The highest BCUT2D eigenvalue weighted by Crippen LogP contribution is 2.50. The molecule has 1 aromatic carbocycles. The predicted octanol–water partition coefficient (Wildman–Crippen LogP) is 3.24. The fourth-order valence-corrected chi connectivity index (χ4v) is 5.89. The SMILES string of the molecule is CN(C(=O)N1CCN(c2cnc(C(C)(P)P)cn2)CC1)C1CC2(C1)CN(Cc1ccccc1)C2. The Balaban J connectivity index is 1.06. The van der Waals surface area contributed by atoms with Gasteiger partial charge < -0.3 is 14.7 Å². The highest BCUT2D eigenvalue weighted by Gasteiger charge is 2.54. The molecule has 2 aromatic rings. The molecule has 0 N–H and O–H groups in total. The Bertz CT molecular complexity index is 990. The molecule has 2 atom stereocenters. The molecule has 2 amide bonds. The third kappa shape index (κ3) is 4.94.